The van der Waals surface area contributed by atoms with Gasteiger partial charge in [-0.1, -0.05) is 36.5 Å². The summed E-state index contributed by atoms with van der Waals surface area (Å²) < 4.78 is 0. The third kappa shape index (κ3) is 6.66. The van der Waals surface area contributed by atoms with E-state index in [1.54, 1.807) is 0 Å². The molecule has 75 valence electrons. The van der Waals surface area contributed by atoms with Gasteiger partial charge < -0.3 is 0 Å². The number of nitrogens with zero attached hydrogens (tertiary/aromatic N) is 1. The first kappa shape index (κ1) is 12.5. The van der Waals surface area contributed by atoms with Crippen LogP contribution in [0.1, 0.15) is 26.2 Å². The monoisotopic (exact) mass is 225 g/mol. The second kappa shape index (κ2) is 6.97. The van der Waals surface area contributed by atoms with Crippen molar-refractivity contribution in [1.82, 2.24) is 10.9 Å². The molecule has 4 nitrogen and oxygen atoms in total. The van der Waals surface area contributed by atoms with Crippen molar-refractivity contribution < 1.29 is 9.59 Å². The molecular formula is C7H11Cl2N2O2. The van der Waals surface area contributed by atoms with E-state index in [1.165, 1.54) is 0 Å². The summed E-state index contributed by atoms with van der Waals surface area (Å²) in [5.41, 5.74) is 5.24. The Kier molecular flexibility index (Phi) is 6.72. The van der Waals surface area contributed by atoms with Gasteiger partial charge in [0.2, 0.25) is 0 Å². The molecule has 0 spiro atoms. The van der Waals surface area contributed by atoms with Crippen molar-refractivity contribution in [2.75, 3.05) is 0 Å². The van der Waals surface area contributed by atoms with Crippen LogP contribution in [0.4, 0.5) is 0 Å². The molecular weight excluding hydrogens is 215 g/mol. The number of hydrogen-bond donors (Lipinski definition) is 1. The number of halogens is 2. The Hall–Kier alpha value is -0.480. The van der Waals surface area contributed by atoms with E-state index in [0.717, 1.165) is 12.8 Å². The SMILES string of the molecule is CCCCC(=O)[N]NC(=O)C(Cl)Cl. The fraction of sp³-hybridized carbons (Fsp3) is 0.714. The Labute approximate surface area is 86.9 Å². The third-order valence-corrected chi connectivity index (χ3v) is 1.63. The van der Waals surface area contributed by atoms with E-state index < -0.39 is 10.7 Å². The molecule has 0 saturated carbocycles. The zero-order valence-electron chi connectivity index (χ0n) is 7.22. The summed E-state index contributed by atoms with van der Waals surface area (Å²) in [5.74, 6) is -1.06. The molecule has 0 aliphatic carbocycles. The highest BCUT2D eigenvalue weighted by Crippen LogP contribution is 1.99. The van der Waals surface area contributed by atoms with Crippen molar-refractivity contribution in [2.24, 2.45) is 0 Å². The smallest absolute Gasteiger partial charge is 0.271 e. The van der Waals surface area contributed by atoms with Crippen LogP contribution in [-0.2, 0) is 9.59 Å². The number of alkyl halides is 2. The predicted octanol–water partition coefficient (Wildman–Crippen LogP) is 1.14. The van der Waals surface area contributed by atoms with Gasteiger partial charge in [-0.2, -0.15) is 0 Å². The number of carbonyl (C=O) groups is 2. The fourth-order valence-corrected chi connectivity index (χ4v) is 0.648. The number of carbonyl (C=O) groups excluding carboxylic acids is 2. The molecule has 0 unspecified atom stereocenters. The summed E-state index contributed by atoms with van der Waals surface area (Å²) in [4.78, 5) is 20.4. The van der Waals surface area contributed by atoms with Gasteiger partial charge in [0.25, 0.3) is 11.8 Å². The van der Waals surface area contributed by atoms with Gasteiger partial charge in [-0.25, -0.2) is 5.43 Å². The van der Waals surface area contributed by atoms with Crippen LogP contribution in [0.5, 0.6) is 0 Å². The van der Waals surface area contributed by atoms with Gasteiger partial charge in [-0.05, 0) is 6.42 Å². The summed E-state index contributed by atoms with van der Waals surface area (Å²) in [7, 11) is 0. The van der Waals surface area contributed by atoms with Crippen molar-refractivity contribution in [3.8, 4) is 0 Å². The zero-order chi connectivity index (χ0) is 10.3. The molecule has 0 atom stereocenters. The van der Waals surface area contributed by atoms with E-state index in [0.29, 0.717) is 6.42 Å². The van der Waals surface area contributed by atoms with E-state index in [4.69, 9.17) is 23.2 Å². The molecule has 2 amide bonds. The van der Waals surface area contributed by atoms with Crippen molar-refractivity contribution in [1.29, 1.82) is 0 Å². The van der Waals surface area contributed by atoms with Gasteiger partial charge in [0.1, 0.15) is 0 Å². The minimum Gasteiger partial charge on any atom is -0.271 e. The molecule has 0 aromatic heterocycles. The summed E-state index contributed by atoms with van der Waals surface area (Å²) in [5, 5.41) is 0. The first-order chi connectivity index (χ1) is 6.07. The summed E-state index contributed by atoms with van der Waals surface area (Å²) >= 11 is 10.4. The average molecular weight is 226 g/mol. The molecule has 0 bridgehead atoms. The highest BCUT2D eigenvalue weighted by Gasteiger charge is 2.12. The predicted molar refractivity (Wildman–Crippen MR) is 50.3 cm³/mol. The molecule has 0 aliphatic heterocycles. The summed E-state index contributed by atoms with van der Waals surface area (Å²) in [6, 6.07) is 0. The Bertz CT molecular complexity index is 185. The number of amides is 2. The maximum atomic E-state index is 10.9. The van der Waals surface area contributed by atoms with Crippen LogP contribution in [-0.4, -0.2) is 16.7 Å². The topological polar surface area (TPSA) is 60.3 Å². The standard InChI is InChI=1S/C7H11Cl2N2O2/c1-2-3-4-5(12)10-11-7(13)6(8)9/h6H,2-4H2,1H3,(H,11,13). The van der Waals surface area contributed by atoms with Crippen molar-refractivity contribution in [3.63, 3.8) is 0 Å². The average Bonchev–Trinajstić information content (AvgIpc) is 2.10. The summed E-state index contributed by atoms with van der Waals surface area (Å²) in [6.45, 7) is 1.96. The minimum atomic E-state index is -1.19. The molecule has 0 rings (SSSR count). The van der Waals surface area contributed by atoms with Gasteiger partial charge in [0.05, 0.1) is 0 Å². The van der Waals surface area contributed by atoms with Crippen molar-refractivity contribution in [2.45, 2.75) is 31.0 Å². The Balaban J connectivity index is 3.52. The molecule has 0 fully saturated rings. The van der Waals surface area contributed by atoms with Crippen LogP contribution in [0.15, 0.2) is 0 Å². The number of unbranched alkanes of at least 4 members (excludes halogenated alkanes) is 1. The summed E-state index contributed by atoms with van der Waals surface area (Å²) in [6.07, 6.45) is 1.98. The molecule has 0 saturated heterocycles. The molecule has 1 radical (unpaired) electrons. The van der Waals surface area contributed by atoms with Gasteiger partial charge in [-0.15, -0.1) is 5.43 Å². The van der Waals surface area contributed by atoms with Crippen LogP contribution >= 0.6 is 23.2 Å². The van der Waals surface area contributed by atoms with Gasteiger partial charge >= 0.3 is 0 Å². The van der Waals surface area contributed by atoms with E-state index >= 15 is 0 Å². The fourth-order valence-electron chi connectivity index (χ4n) is 0.550. The molecule has 1 N–H and O–H groups in total. The first-order valence-electron chi connectivity index (χ1n) is 3.89. The van der Waals surface area contributed by atoms with Crippen molar-refractivity contribution >= 4 is 35.0 Å². The lowest BCUT2D eigenvalue weighted by atomic mass is 10.2. The second-order valence-corrected chi connectivity index (χ2v) is 3.48. The van der Waals surface area contributed by atoms with Crippen LogP contribution in [0, 0.1) is 0 Å². The van der Waals surface area contributed by atoms with E-state index in [1.807, 2.05) is 12.3 Å². The lowest BCUT2D eigenvalue weighted by molar-refractivity contribution is -0.128. The third-order valence-electron chi connectivity index (χ3n) is 1.23. The number of nitrogens with one attached hydrogen (secondary N) is 1. The van der Waals surface area contributed by atoms with Crippen LogP contribution < -0.4 is 10.9 Å². The molecule has 13 heavy (non-hydrogen) atoms. The number of hydrogen-bond acceptors (Lipinski definition) is 2. The maximum Gasteiger partial charge on any atom is 0.273 e. The quantitative estimate of drug-likeness (QED) is 0.577. The van der Waals surface area contributed by atoms with Gasteiger partial charge in [0, 0.05) is 6.42 Å². The second-order valence-electron chi connectivity index (χ2n) is 2.39. The Morgan fingerprint density at radius 2 is 2.08 bits per heavy atom. The van der Waals surface area contributed by atoms with E-state index in [2.05, 4.69) is 5.43 Å². The highest BCUT2D eigenvalue weighted by atomic mass is 35.5. The number of rotatable bonds is 4. The van der Waals surface area contributed by atoms with Crippen molar-refractivity contribution in [3.05, 3.63) is 0 Å². The maximum absolute atomic E-state index is 10.9. The zero-order valence-corrected chi connectivity index (χ0v) is 8.73. The molecule has 0 aromatic rings. The highest BCUT2D eigenvalue weighted by molar-refractivity contribution is 6.53. The first-order valence-corrected chi connectivity index (χ1v) is 4.76. The van der Waals surface area contributed by atoms with Crippen LogP contribution in [0.3, 0.4) is 0 Å². The molecule has 0 aromatic carbocycles. The minimum absolute atomic E-state index is 0.325. The molecule has 0 aliphatic rings. The lowest BCUT2D eigenvalue weighted by Gasteiger charge is -2.03. The van der Waals surface area contributed by atoms with Gasteiger partial charge in [-0.3, -0.25) is 9.59 Å². The molecule has 0 heterocycles. The Morgan fingerprint density at radius 1 is 1.46 bits per heavy atom. The normalized spacial score (nSPS) is 9.85. The van der Waals surface area contributed by atoms with E-state index in [-0.39, 0.29) is 5.91 Å². The van der Waals surface area contributed by atoms with E-state index in [9.17, 15) is 9.59 Å². The van der Waals surface area contributed by atoms with Crippen LogP contribution in [0.2, 0.25) is 0 Å². The molecule has 6 heteroatoms. The largest absolute Gasteiger partial charge is 0.273 e. The van der Waals surface area contributed by atoms with Crippen LogP contribution in [0.25, 0.3) is 0 Å². The Morgan fingerprint density at radius 3 is 2.54 bits per heavy atom. The van der Waals surface area contributed by atoms with Gasteiger partial charge in [0.15, 0.2) is 4.84 Å². The lowest BCUT2D eigenvalue weighted by Crippen LogP contribution is -2.38.